The van der Waals surface area contributed by atoms with Crippen LogP contribution in [-0.2, 0) is 17.8 Å². The number of aromatic nitrogens is 1. The van der Waals surface area contributed by atoms with E-state index in [1.165, 1.54) is 16.3 Å². The van der Waals surface area contributed by atoms with E-state index < -0.39 is 0 Å². The number of aryl methyl sites for hydroxylation is 1. The van der Waals surface area contributed by atoms with Gasteiger partial charge in [0.1, 0.15) is 11.1 Å². The lowest BCUT2D eigenvalue weighted by molar-refractivity contribution is -0.107. The summed E-state index contributed by atoms with van der Waals surface area (Å²) in [6.45, 7) is 0.773. The first-order chi connectivity index (χ1) is 10.2. The van der Waals surface area contributed by atoms with Gasteiger partial charge in [-0.05, 0) is 30.2 Å². The zero-order valence-corrected chi connectivity index (χ0v) is 12.9. The van der Waals surface area contributed by atoms with E-state index in [9.17, 15) is 4.79 Å². The lowest BCUT2D eigenvalue weighted by Crippen LogP contribution is -2.01. The molecule has 0 bridgehead atoms. The molecule has 0 aliphatic rings. The molecule has 0 radical (unpaired) electrons. The van der Waals surface area contributed by atoms with Gasteiger partial charge < -0.3 is 9.36 Å². The number of nitrogens with zero attached hydrogens (tertiary/aromatic N) is 1. The van der Waals surface area contributed by atoms with E-state index in [2.05, 4.69) is 28.8 Å². The molecule has 21 heavy (non-hydrogen) atoms. The summed E-state index contributed by atoms with van der Waals surface area (Å²) in [7, 11) is 0. The number of fused-ring (bicyclic) bond motifs is 3. The van der Waals surface area contributed by atoms with E-state index in [0.717, 1.165) is 23.9 Å². The second kappa shape index (κ2) is 6.08. The van der Waals surface area contributed by atoms with Crippen molar-refractivity contribution in [2.45, 2.75) is 24.2 Å². The van der Waals surface area contributed by atoms with Gasteiger partial charge >= 0.3 is 0 Å². The Morgan fingerprint density at radius 2 is 1.81 bits per heavy atom. The fourth-order valence-electron chi connectivity index (χ4n) is 2.79. The molecule has 2 nitrogen and oxygen atoms in total. The molecule has 0 aliphatic carbocycles. The summed E-state index contributed by atoms with van der Waals surface area (Å²) in [5.74, 6) is 0. The van der Waals surface area contributed by atoms with Crippen LogP contribution in [0.5, 0.6) is 0 Å². The van der Waals surface area contributed by atoms with Crippen LogP contribution >= 0.6 is 23.2 Å². The molecule has 4 heteroatoms. The molecule has 3 rings (SSSR count). The predicted molar refractivity (Wildman–Crippen MR) is 89.3 cm³/mol. The Hall–Kier alpha value is -1.51. The first kappa shape index (κ1) is 14.4. The average Bonchev–Trinajstić information content (AvgIpc) is 2.79. The molecule has 0 saturated heterocycles. The number of alkyl halides is 2. The van der Waals surface area contributed by atoms with Crippen LogP contribution in [0.25, 0.3) is 21.8 Å². The van der Waals surface area contributed by atoms with Crippen molar-refractivity contribution in [2.75, 3.05) is 0 Å². The first-order valence-electron chi connectivity index (χ1n) is 6.92. The maximum atomic E-state index is 10.7. The van der Waals surface area contributed by atoms with Crippen molar-refractivity contribution in [3.05, 3.63) is 48.0 Å². The van der Waals surface area contributed by atoms with Crippen LogP contribution in [0.4, 0.5) is 0 Å². The summed E-state index contributed by atoms with van der Waals surface area (Å²) in [6.07, 6.45) is 2.08. The fraction of sp³-hybridized carbons (Fsp3) is 0.235. The molecule has 0 amide bonds. The van der Waals surface area contributed by atoms with Crippen LogP contribution in [0.1, 0.15) is 12.0 Å². The Balaban J connectivity index is 2.20. The van der Waals surface area contributed by atoms with Crippen molar-refractivity contribution in [3.8, 4) is 0 Å². The minimum atomic E-state index is -0.365. The Morgan fingerprint density at radius 3 is 2.57 bits per heavy atom. The van der Waals surface area contributed by atoms with Crippen molar-refractivity contribution >= 4 is 51.3 Å². The van der Waals surface area contributed by atoms with Crippen LogP contribution in [0.2, 0.25) is 0 Å². The van der Waals surface area contributed by atoms with Gasteiger partial charge in [0.25, 0.3) is 0 Å². The van der Waals surface area contributed by atoms with Crippen molar-refractivity contribution < 1.29 is 4.79 Å². The quantitative estimate of drug-likeness (QED) is 0.492. The van der Waals surface area contributed by atoms with Gasteiger partial charge in [-0.1, -0.05) is 24.3 Å². The van der Waals surface area contributed by atoms with Crippen molar-refractivity contribution in [1.29, 1.82) is 0 Å². The highest BCUT2D eigenvalue weighted by Crippen LogP contribution is 2.30. The molecule has 1 aromatic heterocycles. The number of para-hydroxylation sites is 1. The molecule has 1 heterocycles. The lowest BCUT2D eigenvalue weighted by atomic mass is 10.1. The minimum absolute atomic E-state index is 0.365. The minimum Gasteiger partial charge on any atom is -0.340 e. The number of hydrogen-bond acceptors (Lipinski definition) is 1. The fourth-order valence-corrected chi connectivity index (χ4v) is 2.99. The summed E-state index contributed by atoms with van der Waals surface area (Å²) in [5, 5.41) is 2.37. The standard InChI is InChI=1S/C17H15Cl2NO/c18-17(19)7-9-20-15-4-2-1-3-13(15)14-11-12(8-10-21)5-6-16(14)20/h1-6,10-11,17H,7-9H2. The largest absolute Gasteiger partial charge is 0.340 e. The normalized spacial score (nSPS) is 11.6. The molecule has 0 atom stereocenters. The van der Waals surface area contributed by atoms with Crippen LogP contribution < -0.4 is 0 Å². The first-order valence-corrected chi connectivity index (χ1v) is 7.79. The van der Waals surface area contributed by atoms with Gasteiger partial charge in [0, 0.05) is 34.8 Å². The highest BCUT2D eigenvalue weighted by atomic mass is 35.5. The van der Waals surface area contributed by atoms with Gasteiger partial charge in [-0.2, -0.15) is 0 Å². The molecule has 108 valence electrons. The van der Waals surface area contributed by atoms with E-state index in [1.807, 2.05) is 18.2 Å². The summed E-state index contributed by atoms with van der Waals surface area (Å²) in [4.78, 5) is 10.4. The second-order valence-electron chi connectivity index (χ2n) is 5.07. The molecule has 0 spiro atoms. The number of benzene rings is 2. The number of carbonyl (C=O) groups is 1. The Morgan fingerprint density at radius 1 is 1.05 bits per heavy atom. The highest BCUT2D eigenvalue weighted by molar-refractivity contribution is 6.44. The molecule has 3 aromatic rings. The molecule has 0 saturated carbocycles. The van der Waals surface area contributed by atoms with Crippen LogP contribution in [-0.4, -0.2) is 15.7 Å². The monoisotopic (exact) mass is 319 g/mol. The zero-order chi connectivity index (χ0) is 14.8. The molecule has 0 aliphatic heterocycles. The van der Waals surface area contributed by atoms with Gasteiger partial charge in [0.05, 0.1) is 0 Å². The Labute approximate surface area is 133 Å². The van der Waals surface area contributed by atoms with Gasteiger partial charge in [-0.3, -0.25) is 0 Å². The molecular formula is C17H15Cl2NO. The zero-order valence-electron chi connectivity index (χ0n) is 11.4. The lowest BCUT2D eigenvalue weighted by Gasteiger charge is -2.08. The van der Waals surface area contributed by atoms with E-state index >= 15 is 0 Å². The maximum absolute atomic E-state index is 10.7. The number of hydrogen-bond donors (Lipinski definition) is 0. The molecule has 0 fully saturated rings. The van der Waals surface area contributed by atoms with E-state index in [4.69, 9.17) is 23.2 Å². The van der Waals surface area contributed by atoms with Crippen molar-refractivity contribution in [2.24, 2.45) is 0 Å². The summed E-state index contributed by atoms with van der Waals surface area (Å²) in [6, 6.07) is 14.5. The number of halogens is 2. The van der Waals surface area contributed by atoms with E-state index in [0.29, 0.717) is 12.8 Å². The SMILES string of the molecule is O=CCc1ccc2c(c1)c1ccccc1n2CCC(Cl)Cl. The van der Waals surface area contributed by atoms with Gasteiger partial charge in [-0.25, -0.2) is 0 Å². The van der Waals surface area contributed by atoms with E-state index in [1.54, 1.807) is 0 Å². The smallest absolute Gasteiger partial charge is 0.124 e. The Kier molecular flexibility index (Phi) is 4.18. The van der Waals surface area contributed by atoms with Crippen LogP contribution in [0, 0.1) is 0 Å². The summed E-state index contributed by atoms with van der Waals surface area (Å²) < 4.78 is 2.24. The second-order valence-corrected chi connectivity index (χ2v) is 6.35. The molecule has 2 aromatic carbocycles. The maximum Gasteiger partial charge on any atom is 0.124 e. The van der Waals surface area contributed by atoms with Crippen LogP contribution in [0.15, 0.2) is 42.5 Å². The molecule has 0 N–H and O–H groups in total. The molecule has 0 unspecified atom stereocenters. The Bertz CT molecular complexity index is 792. The van der Waals surface area contributed by atoms with E-state index in [-0.39, 0.29) is 4.84 Å². The average molecular weight is 320 g/mol. The summed E-state index contributed by atoms with van der Waals surface area (Å²) in [5.41, 5.74) is 3.36. The van der Waals surface area contributed by atoms with Gasteiger partial charge in [0.2, 0.25) is 0 Å². The summed E-state index contributed by atoms with van der Waals surface area (Å²) >= 11 is 11.8. The molecular weight excluding hydrogens is 305 g/mol. The van der Waals surface area contributed by atoms with Gasteiger partial charge in [0.15, 0.2) is 0 Å². The van der Waals surface area contributed by atoms with Crippen molar-refractivity contribution in [3.63, 3.8) is 0 Å². The number of carbonyl (C=O) groups excluding carboxylic acids is 1. The third-order valence-corrected chi connectivity index (χ3v) is 4.16. The highest BCUT2D eigenvalue weighted by Gasteiger charge is 2.11. The number of rotatable bonds is 5. The topological polar surface area (TPSA) is 22.0 Å². The third-order valence-electron chi connectivity index (χ3n) is 3.73. The van der Waals surface area contributed by atoms with Gasteiger partial charge in [-0.15, -0.1) is 23.2 Å². The van der Waals surface area contributed by atoms with Crippen LogP contribution in [0.3, 0.4) is 0 Å². The van der Waals surface area contributed by atoms with Crippen molar-refractivity contribution in [1.82, 2.24) is 4.57 Å². The number of aldehydes is 1. The third kappa shape index (κ3) is 2.78. The predicted octanol–water partition coefficient (Wildman–Crippen LogP) is 4.73.